The fraction of sp³-hybridized carbons (Fsp3) is 0.909. The Hall–Kier alpha value is -0.570. The molecule has 2 rings (SSSR count). The molecule has 1 saturated heterocycles. The largest absolute Gasteiger partial charge is 0.375 e. The number of amides is 1. The third kappa shape index (κ3) is 1.92. The van der Waals surface area contributed by atoms with Crippen LogP contribution < -0.4 is 0 Å². The van der Waals surface area contributed by atoms with Crippen LogP contribution in [0.2, 0.25) is 0 Å². The van der Waals surface area contributed by atoms with Crippen LogP contribution in [-0.4, -0.2) is 37.6 Å². The van der Waals surface area contributed by atoms with Crippen molar-refractivity contribution >= 4 is 5.91 Å². The van der Waals surface area contributed by atoms with Crippen molar-refractivity contribution in [2.75, 3.05) is 26.8 Å². The Morgan fingerprint density at radius 2 is 1.86 bits per heavy atom. The lowest BCUT2D eigenvalue weighted by Gasteiger charge is -2.22. The van der Waals surface area contributed by atoms with E-state index in [1.54, 1.807) is 7.11 Å². The molecule has 14 heavy (non-hydrogen) atoms. The van der Waals surface area contributed by atoms with Gasteiger partial charge in [0.1, 0.15) is 6.61 Å². The summed E-state index contributed by atoms with van der Waals surface area (Å²) in [6, 6.07) is 0. The summed E-state index contributed by atoms with van der Waals surface area (Å²) >= 11 is 0. The molecule has 0 aromatic rings. The summed E-state index contributed by atoms with van der Waals surface area (Å²) in [5, 5.41) is 0. The van der Waals surface area contributed by atoms with Gasteiger partial charge >= 0.3 is 0 Å². The van der Waals surface area contributed by atoms with E-state index < -0.39 is 0 Å². The van der Waals surface area contributed by atoms with E-state index in [9.17, 15) is 4.79 Å². The van der Waals surface area contributed by atoms with Crippen molar-refractivity contribution in [1.29, 1.82) is 0 Å². The summed E-state index contributed by atoms with van der Waals surface area (Å²) in [6.07, 6.45) is 5.35. The number of nitrogens with zero attached hydrogens (tertiary/aromatic N) is 1. The molecule has 0 radical (unpaired) electrons. The van der Waals surface area contributed by atoms with Crippen molar-refractivity contribution in [2.24, 2.45) is 11.8 Å². The summed E-state index contributed by atoms with van der Waals surface area (Å²) < 4.78 is 4.88. The van der Waals surface area contributed by atoms with Gasteiger partial charge in [-0.15, -0.1) is 0 Å². The Labute approximate surface area is 85.4 Å². The van der Waals surface area contributed by atoms with Crippen molar-refractivity contribution in [3.8, 4) is 0 Å². The van der Waals surface area contributed by atoms with Gasteiger partial charge in [0, 0.05) is 20.2 Å². The maximum atomic E-state index is 11.6. The molecule has 3 heteroatoms. The Morgan fingerprint density at radius 3 is 2.36 bits per heavy atom. The highest BCUT2D eigenvalue weighted by molar-refractivity contribution is 5.77. The average Bonchev–Trinajstić information content (AvgIpc) is 2.61. The number of rotatable bonds is 2. The van der Waals surface area contributed by atoms with Gasteiger partial charge in [-0.05, 0) is 24.7 Å². The van der Waals surface area contributed by atoms with Gasteiger partial charge in [0.15, 0.2) is 0 Å². The molecule has 1 heterocycles. The predicted molar refractivity (Wildman–Crippen MR) is 53.9 cm³/mol. The summed E-state index contributed by atoms with van der Waals surface area (Å²) in [5.41, 5.74) is 0. The van der Waals surface area contributed by atoms with Crippen LogP contribution in [0.4, 0.5) is 0 Å². The zero-order valence-electron chi connectivity index (χ0n) is 8.87. The van der Waals surface area contributed by atoms with Crippen LogP contribution in [0.3, 0.4) is 0 Å². The first kappa shape index (κ1) is 9.97. The molecular weight excluding hydrogens is 178 g/mol. The summed E-state index contributed by atoms with van der Waals surface area (Å²) in [7, 11) is 1.58. The molecule has 0 aromatic carbocycles. The van der Waals surface area contributed by atoms with Crippen LogP contribution in [0.15, 0.2) is 0 Å². The molecule has 2 fully saturated rings. The van der Waals surface area contributed by atoms with Crippen LogP contribution in [0.25, 0.3) is 0 Å². The number of hydrogen-bond acceptors (Lipinski definition) is 2. The second-order valence-corrected chi connectivity index (χ2v) is 4.54. The van der Waals surface area contributed by atoms with Gasteiger partial charge in [-0.2, -0.15) is 0 Å². The van der Waals surface area contributed by atoms with E-state index in [0.717, 1.165) is 24.9 Å². The zero-order chi connectivity index (χ0) is 9.97. The Balaban J connectivity index is 1.89. The molecule has 1 saturated carbocycles. The normalized spacial score (nSPS) is 31.6. The lowest BCUT2D eigenvalue weighted by molar-refractivity contribution is -0.134. The molecule has 2 aliphatic rings. The van der Waals surface area contributed by atoms with E-state index in [1.165, 1.54) is 25.7 Å². The van der Waals surface area contributed by atoms with Crippen LogP contribution in [0, 0.1) is 11.8 Å². The number of fused-ring (bicyclic) bond motifs is 1. The molecule has 3 nitrogen and oxygen atoms in total. The van der Waals surface area contributed by atoms with Gasteiger partial charge in [0.2, 0.25) is 5.91 Å². The highest BCUT2D eigenvalue weighted by Crippen LogP contribution is 2.35. The van der Waals surface area contributed by atoms with E-state index in [1.807, 2.05) is 4.90 Å². The lowest BCUT2D eigenvalue weighted by atomic mass is 9.82. The van der Waals surface area contributed by atoms with Gasteiger partial charge < -0.3 is 9.64 Å². The molecule has 0 spiro atoms. The Bertz CT molecular complexity index is 203. The zero-order valence-corrected chi connectivity index (χ0v) is 8.87. The molecule has 1 aliphatic carbocycles. The van der Waals surface area contributed by atoms with Crippen LogP contribution in [0.5, 0.6) is 0 Å². The predicted octanol–water partition coefficient (Wildman–Crippen LogP) is 1.28. The maximum Gasteiger partial charge on any atom is 0.248 e. The second-order valence-electron chi connectivity index (χ2n) is 4.54. The first-order valence-electron chi connectivity index (χ1n) is 5.58. The fourth-order valence-electron chi connectivity index (χ4n) is 2.82. The number of carbonyl (C=O) groups is 1. The number of ether oxygens (including phenoxy) is 1. The average molecular weight is 197 g/mol. The van der Waals surface area contributed by atoms with Gasteiger partial charge in [-0.1, -0.05) is 12.8 Å². The van der Waals surface area contributed by atoms with E-state index in [0.29, 0.717) is 0 Å². The minimum absolute atomic E-state index is 0.168. The summed E-state index contributed by atoms with van der Waals surface area (Å²) in [5.74, 6) is 1.73. The van der Waals surface area contributed by atoms with Crippen LogP contribution in [0.1, 0.15) is 25.7 Å². The second kappa shape index (κ2) is 4.30. The molecule has 1 amide bonds. The first-order chi connectivity index (χ1) is 6.81. The number of hydrogen-bond donors (Lipinski definition) is 0. The molecule has 80 valence electrons. The maximum absolute atomic E-state index is 11.6. The Morgan fingerprint density at radius 1 is 1.29 bits per heavy atom. The SMILES string of the molecule is COCC(=O)N1CC2CCCCC2C1. The van der Waals surface area contributed by atoms with E-state index in [4.69, 9.17) is 4.74 Å². The molecule has 1 aliphatic heterocycles. The monoisotopic (exact) mass is 197 g/mol. The van der Waals surface area contributed by atoms with Crippen molar-refractivity contribution in [3.63, 3.8) is 0 Å². The topological polar surface area (TPSA) is 29.5 Å². The molecule has 0 aromatic heterocycles. The molecular formula is C11H19NO2. The summed E-state index contributed by atoms with van der Waals surface area (Å²) in [4.78, 5) is 13.6. The molecule has 0 N–H and O–H groups in total. The quantitative estimate of drug-likeness (QED) is 0.667. The first-order valence-corrected chi connectivity index (χ1v) is 5.58. The smallest absolute Gasteiger partial charge is 0.248 e. The van der Waals surface area contributed by atoms with Gasteiger partial charge in [-0.25, -0.2) is 0 Å². The van der Waals surface area contributed by atoms with Crippen molar-refractivity contribution in [3.05, 3.63) is 0 Å². The van der Waals surface area contributed by atoms with Gasteiger partial charge in [0.25, 0.3) is 0 Å². The van der Waals surface area contributed by atoms with Crippen molar-refractivity contribution < 1.29 is 9.53 Å². The molecule has 2 atom stereocenters. The van der Waals surface area contributed by atoms with Crippen LogP contribution in [-0.2, 0) is 9.53 Å². The third-order valence-electron chi connectivity index (χ3n) is 3.60. The van der Waals surface area contributed by atoms with E-state index in [-0.39, 0.29) is 12.5 Å². The lowest BCUT2D eigenvalue weighted by Crippen LogP contribution is -2.31. The highest BCUT2D eigenvalue weighted by Gasteiger charge is 2.35. The number of likely N-dealkylation sites (tertiary alicyclic amines) is 1. The summed E-state index contributed by atoms with van der Waals surface area (Å²) in [6.45, 7) is 2.21. The number of carbonyl (C=O) groups excluding carboxylic acids is 1. The third-order valence-corrected chi connectivity index (χ3v) is 3.60. The van der Waals surface area contributed by atoms with E-state index in [2.05, 4.69) is 0 Å². The minimum Gasteiger partial charge on any atom is -0.375 e. The molecule has 2 unspecified atom stereocenters. The standard InChI is InChI=1S/C11H19NO2/c1-14-8-11(13)12-6-9-4-2-3-5-10(9)7-12/h9-10H,2-8H2,1H3. The number of methoxy groups -OCH3 is 1. The van der Waals surface area contributed by atoms with Crippen LogP contribution >= 0.6 is 0 Å². The van der Waals surface area contributed by atoms with E-state index >= 15 is 0 Å². The van der Waals surface area contributed by atoms with Gasteiger partial charge in [-0.3, -0.25) is 4.79 Å². The minimum atomic E-state index is 0.168. The molecule has 0 bridgehead atoms. The fourth-order valence-corrected chi connectivity index (χ4v) is 2.82. The Kier molecular flexibility index (Phi) is 3.06. The highest BCUT2D eigenvalue weighted by atomic mass is 16.5. The van der Waals surface area contributed by atoms with Gasteiger partial charge in [0.05, 0.1) is 0 Å². The van der Waals surface area contributed by atoms with Crippen molar-refractivity contribution in [1.82, 2.24) is 4.90 Å². The van der Waals surface area contributed by atoms with Crippen molar-refractivity contribution in [2.45, 2.75) is 25.7 Å².